The van der Waals surface area contributed by atoms with Gasteiger partial charge in [0.2, 0.25) is 11.8 Å². The summed E-state index contributed by atoms with van der Waals surface area (Å²) in [6, 6.07) is 7.85. The Bertz CT molecular complexity index is 628. The van der Waals surface area contributed by atoms with Gasteiger partial charge < -0.3 is 15.0 Å². The highest BCUT2D eigenvalue weighted by Gasteiger charge is 2.19. The largest absolute Gasteiger partial charge is 0.374 e. The molecule has 2 atom stereocenters. The van der Waals surface area contributed by atoms with Crippen LogP contribution in [0.4, 0.5) is 5.69 Å². The molecule has 156 valence electrons. The number of amides is 2. The van der Waals surface area contributed by atoms with Crippen LogP contribution in [0.1, 0.15) is 71.3 Å². The standard InChI is InChI=1S/C23H36N2O3/c1-4-25(5-2)23(27)14-8-13-22(26)24-20-11-7-10-19(16-20)17-28-21-12-6-9-18(3)15-21/h7,10-11,16,18,21H,4-6,8-9,12-15,17H2,1-3H3,(H,24,26). The average molecular weight is 389 g/mol. The molecule has 1 aliphatic carbocycles. The maximum Gasteiger partial charge on any atom is 0.224 e. The summed E-state index contributed by atoms with van der Waals surface area (Å²) in [7, 11) is 0. The number of nitrogens with one attached hydrogen (secondary N) is 1. The van der Waals surface area contributed by atoms with Crippen LogP contribution in [0.3, 0.4) is 0 Å². The van der Waals surface area contributed by atoms with Gasteiger partial charge in [0.1, 0.15) is 0 Å². The normalized spacial score (nSPS) is 19.2. The molecule has 1 fully saturated rings. The maximum atomic E-state index is 12.2. The van der Waals surface area contributed by atoms with Gasteiger partial charge in [0.25, 0.3) is 0 Å². The zero-order valence-corrected chi connectivity index (χ0v) is 17.7. The molecule has 1 aromatic rings. The number of hydrogen-bond donors (Lipinski definition) is 1. The lowest BCUT2D eigenvalue weighted by atomic mass is 9.89. The third-order valence-electron chi connectivity index (χ3n) is 5.50. The zero-order chi connectivity index (χ0) is 20.4. The first-order valence-corrected chi connectivity index (χ1v) is 10.8. The van der Waals surface area contributed by atoms with Crippen molar-refractivity contribution in [3.8, 4) is 0 Å². The summed E-state index contributed by atoms with van der Waals surface area (Å²) in [5, 5.41) is 2.94. The second kappa shape index (κ2) is 11.8. The van der Waals surface area contributed by atoms with Gasteiger partial charge in [-0.15, -0.1) is 0 Å². The fourth-order valence-electron chi connectivity index (χ4n) is 3.84. The Morgan fingerprint density at radius 2 is 1.96 bits per heavy atom. The number of carbonyl (C=O) groups excluding carboxylic acids is 2. The van der Waals surface area contributed by atoms with E-state index in [1.807, 2.05) is 38.1 Å². The molecule has 0 bridgehead atoms. The summed E-state index contributed by atoms with van der Waals surface area (Å²) in [5.41, 5.74) is 1.87. The minimum absolute atomic E-state index is 0.0495. The van der Waals surface area contributed by atoms with E-state index in [0.717, 1.165) is 43.1 Å². The fraction of sp³-hybridized carbons (Fsp3) is 0.652. The zero-order valence-electron chi connectivity index (χ0n) is 17.7. The van der Waals surface area contributed by atoms with Gasteiger partial charge >= 0.3 is 0 Å². The van der Waals surface area contributed by atoms with Crippen molar-refractivity contribution < 1.29 is 14.3 Å². The highest BCUT2D eigenvalue weighted by Crippen LogP contribution is 2.26. The molecule has 28 heavy (non-hydrogen) atoms. The highest BCUT2D eigenvalue weighted by atomic mass is 16.5. The summed E-state index contributed by atoms with van der Waals surface area (Å²) in [4.78, 5) is 26.0. The van der Waals surface area contributed by atoms with Crippen molar-refractivity contribution in [1.82, 2.24) is 4.90 Å². The number of anilines is 1. The predicted molar refractivity (Wildman–Crippen MR) is 113 cm³/mol. The smallest absolute Gasteiger partial charge is 0.224 e. The lowest BCUT2D eigenvalue weighted by Gasteiger charge is -2.26. The molecule has 2 unspecified atom stereocenters. The Balaban J connectivity index is 1.74. The number of nitrogens with zero attached hydrogens (tertiary/aromatic N) is 1. The third-order valence-corrected chi connectivity index (χ3v) is 5.50. The topological polar surface area (TPSA) is 58.6 Å². The lowest BCUT2D eigenvalue weighted by molar-refractivity contribution is -0.130. The second-order valence-electron chi connectivity index (χ2n) is 7.87. The van der Waals surface area contributed by atoms with Crippen molar-refractivity contribution in [3.05, 3.63) is 29.8 Å². The first-order chi connectivity index (χ1) is 13.5. The number of ether oxygens (including phenoxy) is 1. The van der Waals surface area contributed by atoms with E-state index in [9.17, 15) is 9.59 Å². The quantitative estimate of drug-likeness (QED) is 0.629. The van der Waals surface area contributed by atoms with Crippen LogP contribution in [0.2, 0.25) is 0 Å². The van der Waals surface area contributed by atoms with E-state index in [1.54, 1.807) is 4.90 Å². The monoisotopic (exact) mass is 388 g/mol. The summed E-state index contributed by atoms with van der Waals surface area (Å²) in [6.07, 6.45) is 6.54. The van der Waals surface area contributed by atoms with Gasteiger partial charge in [-0.3, -0.25) is 9.59 Å². The summed E-state index contributed by atoms with van der Waals surface area (Å²) < 4.78 is 6.08. The van der Waals surface area contributed by atoms with E-state index in [1.165, 1.54) is 12.8 Å². The SMILES string of the molecule is CCN(CC)C(=O)CCCC(=O)Nc1cccc(COC2CCCC(C)C2)c1. The highest BCUT2D eigenvalue weighted by molar-refractivity contribution is 5.91. The molecule has 0 saturated heterocycles. The van der Waals surface area contributed by atoms with Crippen molar-refractivity contribution in [2.45, 2.75) is 78.4 Å². The van der Waals surface area contributed by atoms with Gasteiger partial charge in [0.05, 0.1) is 12.7 Å². The molecule has 0 heterocycles. The minimum atomic E-state index is -0.0495. The van der Waals surface area contributed by atoms with Crippen LogP contribution in [-0.4, -0.2) is 35.9 Å². The van der Waals surface area contributed by atoms with Crippen LogP contribution in [0.15, 0.2) is 24.3 Å². The van der Waals surface area contributed by atoms with Crippen molar-refractivity contribution in [1.29, 1.82) is 0 Å². The Hall–Kier alpha value is -1.88. The third kappa shape index (κ3) is 7.63. The van der Waals surface area contributed by atoms with E-state index in [2.05, 4.69) is 12.2 Å². The maximum absolute atomic E-state index is 12.2. The molecule has 1 N–H and O–H groups in total. The van der Waals surface area contributed by atoms with Crippen molar-refractivity contribution in [3.63, 3.8) is 0 Å². The molecule has 1 saturated carbocycles. The van der Waals surface area contributed by atoms with Gasteiger partial charge in [-0.1, -0.05) is 31.9 Å². The molecule has 2 amide bonds. The molecule has 5 nitrogen and oxygen atoms in total. The first kappa shape index (κ1) is 22.4. The van der Waals surface area contributed by atoms with Gasteiger partial charge in [0.15, 0.2) is 0 Å². The molecule has 0 aromatic heterocycles. The van der Waals surface area contributed by atoms with Gasteiger partial charge in [0, 0.05) is 31.6 Å². The second-order valence-corrected chi connectivity index (χ2v) is 7.87. The van der Waals surface area contributed by atoms with Crippen molar-refractivity contribution in [2.24, 2.45) is 5.92 Å². The Morgan fingerprint density at radius 3 is 2.68 bits per heavy atom. The molecule has 0 radical (unpaired) electrons. The molecule has 5 heteroatoms. The molecule has 1 aliphatic rings. The molecular weight excluding hydrogens is 352 g/mol. The average Bonchev–Trinajstić information content (AvgIpc) is 2.68. The van der Waals surface area contributed by atoms with Gasteiger partial charge in [-0.05, 0) is 56.7 Å². The number of hydrogen-bond acceptors (Lipinski definition) is 3. The summed E-state index contributed by atoms with van der Waals surface area (Å²) >= 11 is 0. The molecule has 1 aromatic carbocycles. The number of carbonyl (C=O) groups is 2. The first-order valence-electron chi connectivity index (χ1n) is 10.8. The Kier molecular flexibility index (Phi) is 9.48. The Labute approximate surface area is 169 Å². The summed E-state index contributed by atoms with van der Waals surface area (Å²) in [5.74, 6) is 0.818. The van der Waals surface area contributed by atoms with E-state index in [0.29, 0.717) is 32.0 Å². The van der Waals surface area contributed by atoms with E-state index in [-0.39, 0.29) is 11.8 Å². The van der Waals surface area contributed by atoms with Crippen molar-refractivity contribution in [2.75, 3.05) is 18.4 Å². The van der Waals surface area contributed by atoms with Crippen LogP contribution in [0, 0.1) is 5.92 Å². The number of rotatable bonds is 10. The van der Waals surface area contributed by atoms with E-state index >= 15 is 0 Å². The van der Waals surface area contributed by atoms with Crippen LogP contribution < -0.4 is 5.32 Å². The van der Waals surface area contributed by atoms with Crippen LogP contribution in [0.25, 0.3) is 0 Å². The molecule has 0 aliphatic heterocycles. The molecule has 0 spiro atoms. The Morgan fingerprint density at radius 1 is 1.18 bits per heavy atom. The summed E-state index contributed by atoms with van der Waals surface area (Å²) in [6.45, 7) is 8.26. The fourth-order valence-corrected chi connectivity index (χ4v) is 3.84. The van der Waals surface area contributed by atoms with E-state index < -0.39 is 0 Å². The number of benzene rings is 1. The minimum Gasteiger partial charge on any atom is -0.374 e. The lowest BCUT2D eigenvalue weighted by Crippen LogP contribution is -2.30. The predicted octanol–water partition coefficient (Wildman–Crippen LogP) is 4.76. The van der Waals surface area contributed by atoms with Crippen molar-refractivity contribution >= 4 is 17.5 Å². The van der Waals surface area contributed by atoms with Gasteiger partial charge in [-0.2, -0.15) is 0 Å². The van der Waals surface area contributed by atoms with E-state index in [4.69, 9.17) is 4.74 Å². The van der Waals surface area contributed by atoms with Crippen LogP contribution >= 0.6 is 0 Å². The molecular formula is C23H36N2O3. The van der Waals surface area contributed by atoms with Crippen LogP contribution in [0.5, 0.6) is 0 Å². The van der Waals surface area contributed by atoms with Crippen LogP contribution in [-0.2, 0) is 20.9 Å². The molecule has 2 rings (SSSR count). The van der Waals surface area contributed by atoms with Gasteiger partial charge in [-0.25, -0.2) is 0 Å².